The van der Waals surface area contributed by atoms with Gasteiger partial charge in [-0.2, -0.15) is 5.10 Å². The number of phenols is 1. The lowest BCUT2D eigenvalue weighted by molar-refractivity contribution is -0.120. The smallest absolute Gasteiger partial charge is 0.234 e. The molecule has 0 saturated carbocycles. The minimum Gasteiger partial charge on any atom is -0.508 e. The van der Waals surface area contributed by atoms with Crippen molar-refractivity contribution in [2.24, 2.45) is 0 Å². The Kier molecular flexibility index (Phi) is 7.63. The molecule has 1 N–H and O–H groups in total. The Morgan fingerprint density at radius 1 is 1.10 bits per heavy atom. The van der Waals surface area contributed by atoms with Crippen LogP contribution in [-0.4, -0.2) is 44.9 Å². The number of fused-ring (bicyclic) bond motifs is 1. The molecule has 8 nitrogen and oxygen atoms in total. The van der Waals surface area contributed by atoms with E-state index in [1.54, 1.807) is 12.3 Å². The minimum atomic E-state index is -0.321. The number of rotatable bonds is 8. The normalized spacial score (nSPS) is 14.7. The van der Waals surface area contributed by atoms with E-state index >= 15 is 0 Å². The number of anilines is 2. The molecular weight excluding hydrogens is 488 g/mol. The molecular formula is C31H36N6O2. The molecule has 1 aliphatic rings. The molecule has 1 atom stereocenters. The largest absolute Gasteiger partial charge is 0.508 e. The second-order valence-corrected chi connectivity index (χ2v) is 10.7. The first-order valence-corrected chi connectivity index (χ1v) is 13.5. The molecule has 4 aromatic rings. The first-order chi connectivity index (χ1) is 18.8. The fraction of sp³-hybridized carbons (Fsp3) is 0.355. The third-order valence-electron chi connectivity index (χ3n) is 7.32. The van der Waals surface area contributed by atoms with E-state index < -0.39 is 0 Å². The number of amides is 1. The molecule has 202 valence electrons. The standard InChI is InChI=1S/C31H36N6O2/c1-21(2)28-15-14-24(17-32-28)37(31(39)27-11-6-10-26-25(27)9-7-12-29(26)38)19-22-16-33-36(18-22)20-23-8-5-13-30(34-23)35(3)4/h5,7-9,12-18,21,27,38H,6,10-11,19-20H2,1-4H3. The van der Waals surface area contributed by atoms with Gasteiger partial charge >= 0.3 is 0 Å². The lowest BCUT2D eigenvalue weighted by atomic mass is 9.81. The minimum absolute atomic E-state index is 0.00810. The van der Waals surface area contributed by atoms with Crippen LogP contribution >= 0.6 is 0 Å². The molecule has 0 radical (unpaired) electrons. The van der Waals surface area contributed by atoms with E-state index in [1.807, 2.05) is 83.4 Å². The van der Waals surface area contributed by atoms with Crippen LogP contribution in [0.2, 0.25) is 0 Å². The number of nitrogens with zero attached hydrogens (tertiary/aromatic N) is 6. The average Bonchev–Trinajstić information content (AvgIpc) is 3.38. The molecule has 0 fully saturated rings. The third kappa shape index (κ3) is 5.79. The maximum absolute atomic E-state index is 14.2. The number of hydrogen-bond acceptors (Lipinski definition) is 6. The number of aromatic hydroxyl groups is 1. The van der Waals surface area contributed by atoms with Crippen molar-refractivity contribution < 1.29 is 9.90 Å². The van der Waals surface area contributed by atoms with Gasteiger partial charge in [-0.1, -0.05) is 32.0 Å². The number of phenolic OH excluding ortho intramolecular Hbond substituents is 1. The van der Waals surface area contributed by atoms with E-state index in [0.717, 1.165) is 58.8 Å². The zero-order valence-corrected chi connectivity index (χ0v) is 23.1. The quantitative estimate of drug-likeness (QED) is 0.338. The summed E-state index contributed by atoms with van der Waals surface area (Å²) in [6, 6.07) is 15.4. The number of pyridine rings is 2. The van der Waals surface area contributed by atoms with Gasteiger partial charge in [0.05, 0.1) is 42.8 Å². The molecule has 1 amide bonds. The van der Waals surface area contributed by atoms with E-state index in [2.05, 4.69) is 23.9 Å². The van der Waals surface area contributed by atoms with Crippen LogP contribution in [0.4, 0.5) is 11.5 Å². The number of aromatic nitrogens is 4. The Morgan fingerprint density at radius 2 is 1.92 bits per heavy atom. The summed E-state index contributed by atoms with van der Waals surface area (Å²) in [4.78, 5) is 27.3. The van der Waals surface area contributed by atoms with Gasteiger partial charge in [0.15, 0.2) is 0 Å². The van der Waals surface area contributed by atoms with Gasteiger partial charge in [-0.3, -0.25) is 14.5 Å². The second kappa shape index (κ2) is 11.3. The number of hydrogen-bond donors (Lipinski definition) is 1. The Morgan fingerprint density at radius 3 is 2.67 bits per heavy atom. The maximum atomic E-state index is 14.2. The molecule has 3 aromatic heterocycles. The van der Waals surface area contributed by atoms with Crippen LogP contribution in [0.25, 0.3) is 0 Å². The second-order valence-electron chi connectivity index (χ2n) is 10.7. The average molecular weight is 525 g/mol. The summed E-state index contributed by atoms with van der Waals surface area (Å²) < 4.78 is 1.85. The van der Waals surface area contributed by atoms with Crippen molar-refractivity contribution in [1.82, 2.24) is 19.7 Å². The predicted molar refractivity (Wildman–Crippen MR) is 153 cm³/mol. The van der Waals surface area contributed by atoms with Crippen LogP contribution in [0.3, 0.4) is 0 Å². The van der Waals surface area contributed by atoms with Gasteiger partial charge < -0.3 is 14.9 Å². The number of carbonyl (C=O) groups excluding carboxylic acids is 1. The van der Waals surface area contributed by atoms with Crippen molar-refractivity contribution in [3.63, 3.8) is 0 Å². The summed E-state index contributed by atoms with van der Waals surface area (Å²) in [5.74, 6) is 1.15. The molecule has 8 heteroatoms. The van der Waals surface area contributed by atoms with Crippen molar-refractivity contribution in [2.45, 2.75) is 58.0 Å². The first-order valence-electron chi connectivity index (χ1n) is 13.5. The Labute approximate surface area is 229 Å². The van der Waals surface area contributed by atoms with Gasteiger partial charge in [0.1, 0.15) is 11.6 Å². The third-order valence-corrected chi connectivity index (χ3v) is 7.32. The molecule has 1 aliphatic carbocycles. The maximum Gasteiger partial charge on any atom is 0.234 e. The van der Waals surface area contributed by atoms with E-state index in [4.69, 9.17) is 4.98 Å². The molecule has 0 bridgehead atoms. The molecule has 3 heterocycles. The van der Waals surface area contributed by atoms with Crippen LogP contribution < -0.4 is 9.80 Å². The molecule has 5 rings (SSSR count). The molecule has 0 aliphatic heterocycles. The lowest BCUT2D eigenvalue weighted by Crippen LogP contribution is -2.36. The van der Waals surface area contributed by atoms with Crippen molar-refractivity contribution in [3.8, 4) is 5.75 Å². The van der Waals surface area contributed by atoms with Gasteiger partial charge in [0.2, 0.25) is 5.91 Å². The van der Waals surface area contributed by atoms with Gasteiger partial charge in [-0.25, -0.2) is 4.98 Å². The molecule has 1 unspecified atom stereocenters. The summed E-state index contributed by atoms with van der Waals surface area (Å²) in [6.07, 6.45) is 7.97. The fourth-order valence-corrected chi connectivity index (χ4v) is 5.20. The van der Waals surface area contributed by atoms with Crippen LogP contribution in [0.15, 0.2) is 67.1 Å². The van der Waals surface area contributed by atoms with Crippen LogP contribution in [0.5, 0.6) is 5.75 Å². The highest BCUT2D eigenvalue weighted by atomic mass is 16.3. The zero-order chi connectivity index (χ0) is 27.5. The van der Waals surface area contributed by atoms with E-state index in [0.29, 0.717) is 19.0 Å². The summed E-state index contributed by atoms with van der Waals surface area (Å²) in [7, 11) is 3.94. The van der Waals surface area contributed by atoms with Crippen molar-refractivity contribution in [3.05, 3.63) is 95.2 Å². The Balaban J connectivity index is 1.43. The summed E-state index contributed by atoms with van der Waals surface area (Å²) in [6.45, 7) is 5.12. The number of benzene rings is 1. The van der Waals surface area contributed by atoms with Crippen LogP contribution in [0.1, 0.15) is 66.6 Å². The van der Waals surface area contributed by atoms with Gasteiger partial charge in [0.25, 0.3) is 0 Å². The topological polar surface area (TPSA) is 87.4 Å². The first kappa shape index (κ1) is 26.4. The highest BCUT2D eigenvalue weighted by Crippen LogP contribution is 2.38. The Bertz CT molecular complexity index is 1440. The highest BCUT2D eigenvalue weighted by Gasteiger charge is 2.32. The van der Waals surface area contributed by atoms with E-state index in [9.17, 15) is 9.90 Å². The summed E-state index contributed by atoms with van der Waals surface area (Å²) in [5, 5.41) is 15.0. The van der Waals surface area contributed by atoms with Gasteiger partial charge in [-0.05, 0) is 66.6 Å². The van der Waals surface area contributed by atoms with Crippen molar-refractivity contribution in [2.75, 3.05) is 23.9 Å². The van der Waals surface area contributed by atoms with Crippen LogP contribution in [-0.2, 0) is 24.3 Å². The van der Waals surface area contributed by atoms with Crippen molar-refractivity contribution >= 4 is 17.4 Å². The van der Waals surface area contributed by atoms with Gasteiger partial charge in [-0.15, -0.1) is 0 Å². The SMILES string of the molecule is CC(C)c1ccc(N(Cc2cnn(Cc3cccc(N(C)C)n3)c2)C(=O)C2CCCc3c(O)cccc32)cn1. The predicted octanol–water partition coefficient (Wildman–Crippen LogP) is 5.27. The summed E-state index contributed by atoms with van der Waals surface area (Å²) in [5.41, 5.74) is 5.38. The molecule has 0 saturated heterocycles. The fourth-order valence-electron chi connectivity index (χ4n) is 5.20. The lowest BCUT2D eigenvalue weighted by Gasteiger charge is -2.31. The zero-order valence-electron chi connectivity index (χ0n) is 23.1. The van der Waals surface area contributed by atoms with Crippen molar-refractivity contribution in [1.29, 1.82) is 0 Å². The van der Waals surface area contributed by atoms with Crippen LogP contribution in [0, 0.1) is 0 Å². The van der Waals surface area contributed by atoms with Gasteiger partial charge in [0, 0.05) is 31.5 Å². The molecule has 0 spiro atoms. The van der Waals surface area contributed by atoms with E-state index in [1.165, 1.54) is 0 Å². The Hall–Kier alpha value is -4.20. The number of carbonyl (C=O) groups is 1. The molecule has 1 aromatic carbocycles. The highest BCUT2D eigenvalue weighted by molar-refractivity contribution is 5.98. The summed E-state index contributed by atoms with van der Waals surface area (Å²) >= 11 is 0. The molecule has 39 heavy (non-hydrogen) atoms. The monoisotopic (exact) mass is 524 g/mol. The van der Waals surface area contributed by atoms with E-state index in [-0.39, 0.29) is 17.6 Å².